The van der Waals surface area contributed by atoms with E-state index in [1.165, 1.54) is 43.6 Å². The maximum Gasteiger partial charge on any atom is 0.491 e. The first kappa shape index (κ1) is 22.0. The summed E-state index contributed by atoms with van der Waals surface area (Å²) in [7, 11) is -2.11. The normalized spacial score (nSPS) is 9.04. The molecular formula is C14H19B2F2NO5. The third-order valence-electron chi connectivity index (χ3n) is 2.53. The van der Waals surface area contributed by atoms with Gasteiger partial charge in [0, 0.05) is 11.7 Å². The van der Waals surface area contributed by atoms with Crippen molar-refractivity contribution in [1.82, 2.24) is 4.98 Å². The van der Waals surface area contributed by atoms with Gasteiger partial charge >= 0.3 is 14.2 Å². The molecule has 0 saturated carbocycles. The van der Waals surface area contributed by atoms with Gasteiger partial charge in [-0.1, -0.05) is 26.0 Å². The van der Waals surface area contributed by atoms with Crippen LogP contribution >= 0.6 is 0 Å². The fourth-order valence-corrected chi connectivity index (χ4v) is 1.42. The number of methoxy groups -OCH3 is 1. The molecule has 0 bridgehead atoms. The second-order valence-electron chi connectivity index (χ2n) is 4.02. The number of rotatable bonds is 3. The van der Waals surface area contributed by atoms with Crippen molar-refractivity contribution in [2.45, 2.75) is 13.8 Å². The standard InChI is InChI=1S/C6H7BFNO3.C6H6BFO2.C2H6/c1-12-6-5(8)4(7(10)11)2-3-9-6;8-6-3-1-5(2-4-6)7(9)10;1-2/h2-3,10-11H,1H3;1-4,9-10H;1-2H3. The summed E-state index contributed by atoms with van der Waals surface area (Å²) in [6.07, 6.45) is 1.23. The highest BCUT2D eigenvalue weighted by molar-refractivity contribution is 6.59. The highest BCUT2D eigenvalue weighted by Gasteiger charge is 2.19. The lowest BCUT2D eigenvalue weighted by atomic mass is 9.80. The maximum atomic E-state index is 13.0. The lowest BCUT2D eigenvalue weighted by Crippen LogP contribution is -2.33. The van der Waals surface area contributed by atoms with Gasteiger partial charge in [0.05, 0.1) is 7.11 Å². The zero-order valence-corrected chi connectivity index (χ0v) is 13.5. The summed E-state index contributed by atoms with van der Waals surface area (Å²) in [6.45, 7) is 4.00. The number of hydrogen-bond acceptors (Lipinski definition) is 6. The molecule has 0 spiro atoms. The van der Waals surface area contributed by atoms with Gasteiger partial charge in [-0.3, -0.25) is 0 Å². The van der Waals surface area contributed by atoms with Crippen LogP contribution in [0.15, 0.2) is 36.5 Å². The number of benzene rings is 1. The molecule has 2 aromatic rings. The number of hydrogen-bond donors (Lipinski definition) is 4. The van der Waals surface area contributed by atoms with Crippen molar-refractivity contribution in [1.29, 1.82) is 0 Å². The molecule has 0 fully saturated rings. The van der Waals surface area contributed by atoms with Gasteiger partial charge < -0.3 is 24.8 Å². The second kappa shape index (κ2) is 11.5. The number of pyridine rings is 1. The minimum atomic E-state index is -1.85. The van der Waals surface area contributed by atoms with Crippen molar-refractivity contribution in [3.63, 3.8) is 0 Å². The molecule has 1 heterocycles. The molecule has 10 heteroatoms. The molecule has 0 unspecified atom stereocenters. The van der Waals surface area contributed by atoms with Crippen LogP contribution in [-0.2, 0) is 0 Å². The van der Waals surface area contributed by atoms with E-state index >= 15 is 0 Å². The zero-order chi connectivity index (χ0) is 18.7. The third-order valence-corrected chi connectivity index (χ3v) is 2.53. The second-order valence-corrected chi connectivity index (χ2v) is 4.02. The maximum absolute atomic E-state index is 13.0. The van der Waals surface area contributed by atoms with Gasteiger partial charge in [-0.25, -0.2) is 13.8 Å². The molecule has 24 heavy (non-hydrogen) atoms. The fraction of sp³-hybridized carbons (Fsp3) is 0.214. The Morgan fingerprint density at radius 2 is 1.46 bits per heavy atom. The molecular weight excluding hydrogens is 322 g/mol. The summed E-state index contributed by atoms with van der Waals surface area (Å²) in [4.78, 5) is 3.52. The van der Waals surface area contributed by atoms with E-state index in [1.807, 2.05) is 13.8 Å². The first-order chi connectivity index (χ1) is 11.4. The quantitative estimate of drug-likeness (QED) is 0.559. The first-order valence-electron chi connectivity index (χ1n) is 7.03. The van der Waals surface area contributed by atoms with Crippen molar-refractivity contribution >= 4 is 25.2 Å². The van der Waals surface area contributed by atoms with Gasteiger partial charge in [-0.2, -0.15) is 0 Å². The minimum Gasteiger partial charge on any atom is -0.479 e. The van der Waals surface area contributed by atoms with Gasteiger partial charge in [0.1, 0.15) is 5.82 Å². The predicted molar refractivity (Wildman–Crippen MR) is 88.1 cm³/mol. The largest absolute Gasteiger partial charge is 0.491 e. The summed E-state index contributed by atoms with van der Waals surface area (Å²) < 4.78 is 29.7. The van der Waals surface area contributed by atoms with Crippen molar-refractivity contribution in [2.75, 3.05) is 7.11 Å². The fourth-order valence-electron chi connectivity index (χ4n) is 1.42. The van der Waals surface area contributed by atoms with Crippen molar-refractivity contribution in [3.05, 3.63) is 48.2 Å². The van der Waals surface area contributed by atoms with Crippen LogP contribution in [0.4, 0.5) is 8.78 Å². The molecule has 0 radical (unpaired) electrons. The topological polar surface area (TPSA) is 103 Å². The summed E-state index contributed by atoms with van der Waals surface area (Å²) >= 11 is 0. The number of nitrogens with zero attached hydrogens (tertiary/aromatic N) is 1. The summed E-state index contributed by atoms with van der Waals surface area (Å²) in [6, 6.07) is 6.16. The Bertz CT molecular complexity index is 600. The lowest BCUT2D eigenvalue weighted by Gasteiger charge is -2.04. The van der Waals surface area contributed by atoms with Crippen LogP contribution in [0, 0.1) is 11.6 Å². The number of halogens is 2. The number of aromatic nitrogens is 1. The molecule has 1 aromatic heterocycles. The smallest absolute Gasteiger partial charge is 0.479 e. The molecule has 4 N–H and O–H groups in total. The van der Waals surface area contributed by atoms with E-state index in [4.69, 9.17) is 20.1 Å². The van der Waals surface area contributed by atoms with Crippen molar-refractivity contribution < 1.29 is 33.6 Å². The van der Waals surface area contributed by atoms with E-state index in [1.54, 1.807) is 0 Å². The van der Waals surface area contributed by atoms with Crippen molar-refractivity contribution in [3.8, 4) is 5.88 Å². The molecule has 0 aliphatic carbocycles. The highest BCUT2D eigenvalue weighted by Crippen LogP contribution is 2.08. The molecule has 0 saturated heterocycles. The van der Waals surface area contributed by atoms with Gasteiger partial charge in [0.2, 0.25) is 5.88 Å². The van der Waals surface area contributed by atoms with Crippen LogP contribution in [0.1, 0.15) is 13.8 Å². The Hall–Kier alpha value is -2.00. The van der Waals surface area contributed by atoms with E-state index in [0.29, 0.717) is 5.46 Å². The van der Waals surface area contributed by atoms with Crippen LogP contribution < -0.4 is 15.7 Å². The zero-order valence-electron chi connectivity index (χ0n) is 13.5. The van der Waals surface area contributed by atoms with Crippen LogP contribution in [0.25, 0.3) is 0 Å². The van der Waals surface area contributed by atoms with E-state index in [9.17, 15) is 8.78 Å². The molecule has 2 rings (SSSR count). The van der Waals surface area contributed by atoms with E-state index in [0.717, 1.165) is 0 Å². The molecule has 6 nitrogen and oxygen atoms in total. The average Bonchev–Trinajstić information content (AvgIpc) is 2.57. The SMILES string of the molecule is CC.COc1nccc(B(O)O)c1F.OB(O)c1ccc(F)cc1. The monoisotopic (exact) mass is 341 g/mol. The van der Waals surface area contributed by atoms with Gasteiger partial charge in [-0.15, -0.1) is 0 Å². The summed E-state index contributed by atoms with van der Waals surface area (Å²) in [5.74, 6) is -1.49. The van der Waals surface area contributed by atoms with Crippen LogP contribution in [0.2, 0.25) is 0 Å². The van der Waals surface area contributed by atoms with E-state index < -0.39 is 20.1 Å². The lowest BCUT2D eigenvalue weighted by molar-refractivity contribution is 0.367. The summed E-state index contributed by atoms with van der Waals surface area (Å²) in [5.41, 5.74) is 0.0447. The van der Waals surface area contributed by atoms with Gasteiger partial charge in [-0.05, 0) is 23.7 Å². The molecule has 0 amide bonds. The minimum absolute atomic E-state index is 0.248. The Morgan fingerprint density at radius 1 is 0.917 bits per heavy atom. The van der Waals surface area contributed by atoms with Crippen LogP contribution in [0.3, 0.4) is 0 Å². The van der Waals surface area contributed by atoms with Gasteiger partial charge in [0.25, 0.3) is 0 Å². The Kier molecular flexibility index (Phi) is 10.6. The Morgan fingerprint density at radius 3 is 1.88 bits per heavy atom. The molecule has 0 atom stereocenters. The molecule has 1 aromatic carbocycles. The Balaban J connectivity index is 0.000000405. The van der Waals surface area contributed by atoms with Gasteiger partial charge in [0.15, 0.2) is 5.82 Å². The Labute approximate surface area is 139 Å². The summed E-state index contributed by atoms with van der Waals surface area (Å²) in [5, 5.41) is 34.4. The highest BCUT2D eigenvalue weighted by atomic mass is 19.1. The predicted octanol–water partition coefficient (Wildman–Crippen LogP) is -0.559. The molecule has 0 aliphatic rings. The van der Waals surface area contributed by atoms with Crippen LogP contribution in [-0.4, -0.2) is 46.4 Å². The average molecular weight is 341 g/mol. The van der Waals surface area contributed by atoms with E-state index in [2.05, 4.69) is 9.72 Å². The van der Waals surface area contributed by atoms with Crippen molar-refractivity contribution in [2.24, 2.45) is 0 Å². The first-order valence-corrected chi connectivity index (χ1v) is 7.03. The molecule has 130 valence electrons. The van der Waals surface area contributed by atoms with E-state index in [-0.39, 0.29) is 17.2 Å². The third kappa shape index (κ3) is 7.05. The van der Waals surface area contributed by atoms with Crippen LogP contribution in [0.5, 0.6) is 5.88 Å². The molecule has 0 aliphatic heterocycles. The number of ether oxygens (including phenoxy) is 1.